The minimum Gasteiger partial charge on any atom is -0.490 e. The molecule has 2 rings (SSSR count). The standard InChI is InChI=1S/C17H20OSi/c1-19(2,17-12-7-4-8-13-17)15-9-14-18-16-10-5-3-6-11-16/h3-13,15H,14H2,1-2H3/b15-9+. The zero-order chi connectivity index (χ0) is 13.6. The first-order valence-corrected chi connectivity index (χ1v) is 9.67. The topological polar surface area (TPSA) is 9.23 Å². The third kappa shape index (κ3) is 4.11. The number of hydrogen-bond acceptors (Lipinski definition) is 1. The van der Waals surface area contributed by atoms with E-state index in [0.29, 0.717) is 6.61 Å². The van der Waals surface area contributed by atoms with E-state index < -0.39 is 8.07 Å². The first-order valence-electron chi connectivity index (χ1n) is 6.59. The molecule has 2 heteroatoms. The minimum absolute atomic E-state index is 0.632. The first kappa shape index (κ1) is 13.6. The number of rotatable bonds is 5. The van der Waals surface area contributed by atoms with Gasteiger partial charge in [-0.1, -0.05) is 78.6 Å². The molecule has 2 aromatic carbocycles. The van der Waals surface area contributed by atoms with Crippen molar-refractivity contribution in [1.29, 1.82) is 0 Å². The fourth-order valence-corrected chi connectivity index (χ4v) is 3.90. The second-order valence-electron chi connectivity index (χ2n) is 5.11. The van der Waals surface area contributed by atoms with Crippen molar-refractivity contribution in [3.8, 4) is 5.75 Å². The van der Waals surface area contributed by atoms with E-state index in [-0.39, 0.29) is 0 Å². The van der Waals surface area contributed by atoms with E-state index in [4.69, 9.17) is 4.74 Å². The molecule has 0 N–H and O–H groups in total. The molecule has 0 spiro atoms. The van der Waals surface area contributed by atoms with Gasteiger partial charge < -0.3 is 4.74 Å². The largest absolute Gasteiger partial charge is 0.490 e. The molecular weight excluding hydrogens is 248 g/mol. The van der Waals surface area contributed by atoms with E-state index in [1.54, 1.807) is 0 Å². The number of para-hydroxylation sites is 1. The van der Waals surface area contributed by atoms with Crippen LogP contribution in [-0.2, 0) is 0 Å². The van der Waals surface area contributed by atoms with Crippen LogP contribution in [0.2, 0.25) is 13.1 Å². The minimum atomic E-state index is -1.48. The van der Waals surface area contributed by atoms with Gasteiger partial charge >= 0.3 is 0 Å². The van der Waals surface area contributed by atoms with Gasteiger partial charge in [0.05, 0.1) is 0 Å². The smallest absolute Gasteiger partial charge is 0.119 e. The lowest BCUT2D eigenvalue weighted by Gasteiger charge is -2.18. The predicted molar refractivity (Wildman–Crippen MR) is 84.6 cm³/mol. The van der Waals surface area contributed by atoms with Gasteiger partial charge in [-0.2, -0.15) is 0 Å². The van der Waals surface area contributed by atoms with Crippen molar-refractivity contribution >= 4 is 13.3 Å². The van der Waals surface area contributed by atoms with Crippen molar-refractivity contribution in [2.24, 2.45) is 0 Å². The normalized spacial score (nSPS) is 11.7. The summed E-state index contributed by atoms with van der Waals surface area (Å²) in [6.45, 7) is 5.33. The van der Waals surface area contributed by atoms with E-state index >= 15 is 0 Å². The van der Waals surface area contributed by atoms with E-state index in [0.717, 1.165) is 5.75 Å². The molecule has 0 radical (unpaired) electrons. The second-order valence-corrected chi connectivity index (χ2v) is 9.47. The van der Waals surface area contributed by atoms with Crippen LogP contribution in [0, 0.1) is 0 Å². The molecule has 0 unspecified atom stereocenters. The fourth-order valence-electron chi connectivity index (χ4n) is 1.97. The quantitative estimate of drug-likeness (QED) is 0.750. The highest BCUT2D eigenvalue weighted by atomic mass is 28.3. The molecule has 0 saturated carbocycles. The number of ether oxygens (including phenoxy) is 1. The Balaban J connectivity index is 1.92. The molecule has 98 valence electrons. The molecule has 2 aromatic rings. The molecule has 1 nitrogen and oxygen atoms in total. The van der Waals surface area contributed by atoms with E-state index in [1.807, 2.05) is 30.3 Å². The summed E-state index contributed by atoms with van der Waals surface area (Å²) in [6.07, 6.45) is 2.15. The maximum Gasteiger partial charge on any atom is 0.119 e. The molecule has 0 aliphatic heterocycles. The van der Waals surface area contributed by atoms with Crippen LogP contribution in [0.4, 0.5) is 0 Å². The lowest BCUT2D eigenvalue weighted by molar-refractivity contribution is 0.363. The summed E-state index contributed by atoms with van der Waals surface area (Å²) in [5, 5.41) is 1.45. The van der Waals surface area contributed by atoms with Crippen LogP contribution in [0.3, 0.4) is 0 Å². The summed E-state index contributed by atoms with van der Waals surface area (Å²) < 4.78 is 5.67. The average Bonchev–Trinajstić information content (AvgIpc) is 2.46. The lowest BCUT2D eigenvalue weighted by atomic mass is 10.3. The Labute approximate surface area is 116 Å². The summed E-state index contributed by atoms with van der Waals surface area (Å²) in [5.74, 6) is 0.923. The van der Waals surface area contributed by atoms with E-state index in [1.165, 1.54) is 5.19 Å². The number of hydrogen-bond donors (Lipinski definition) is 0. The highest BCUT2D eigenvalue weighted by Crippen LogP contribution is 2.09. The van der Waals surface area contributed by atoms with Crippen LogP contribution in [0.25, 0.3) is 0 Å². The highest BCUT2D eigenvalue weighted by molar-refractivity contribution is 6.93. The van der Waals surface area contributed by atoms with Crippen LogP contribution in [0.1, 0.15) is 0 Å². The zero-order valence-corrected chi connectivity index (χ0v) is 12.5. The van der Waals surface area contributed by atoms with Gasteiger partial charge in [-0.05, 0) is 12.1 Å². The Morgan fingerprint density at radius 1 is 0.895 bits per heavy atom. The summed E-state index contributed by atoms with van der Waals surface area (Å²) >= 11 is 0. The van der Waals surface area contributed by atoms with Gasteiger partial charge in [-0.3, -0.25) is 0 Å². The van der Waals surface area contributed by atoms with Crippen molar-refractivity contribution < 1.29 is 4.74 Å². The van der Waals surface area contributed by atoms with E-state index in [9.17, 15) is 0 Å². The Bertz CT molecular complexity index is 517. The molecule has 0 fully saturated rings. The van der Waals surface area contributed by atoms with Crippen molar-refractivity contribution in [1.82, 2.24) is 0 Å². The van der Waals surface area contributed by atoms with Crippen LogP contribution in [0.15, 0.2) is 72.4 Å². The first-order chi connectivity index (χ1) is 9.18. The molecule has 0 aliphatic rings. The van der Waals surface area contributed by atoms with Crippen LogP contribution >= 0.6 is 0 Å². The van der Waals surface area contributed by atoms with Crippen molar-refractivity contribution in [2.45, 2.75) is 13.1 Å². The summed E-state index contributed by atoms with van der Waals surface area (Å²) in [6, 6.07) is 20.6. The molecule has 0 atom stereocenters. The SMILES string of the molecule is C[Si](C)(/C=C/COc1ccccc1)c1ccccc1. The Morgan fingerprint density at radius 2 is 1.47 bits per heavy atom. The molecular formula is C17H20OSi. The molecule has 0 heterocycles. The van der Waals surface area contributed by atoms with Gasteiger partial charge in [0.1, 0.15) is 20.4 Å². The fraction of sp³-hybridized carbons (Fsp3) is 0.176. The highest BCUT2D eigenvalue weighted by Gasteiger charge is 2.18. The van der Waals surface area contributed by atoms with Gasteiger partial charge in [0.15, 0.2) is 0 Å². The molecule has 0 aliphatic carbocycles. The molecule has 0 saturated heterocycles. The van der Waals surface area contributed by atoms with Crippen molar-refractivity contribution in [3.63, 3.8) is 0 Å². The van der Waals surface area contributed by atoms with Crippen LogP contribution in [-0.4, -0.2) is 14.7 Å². The second kappa shape index (κ2) is 6.39. The van der Waals surface area contributed by atoms with Crippen LogP contribution < -0.4 is 9.92 Å². The third-order valence-electron chi connectivity index (χ3n) is 3.14. The predicted octanol–water partition coefficient (Wildman–Crippen LogP) is 3.78. The van der Waals surface area contributed by atoms with Crippen LogP contribution in [0.5, 0.6) is 5.75 Å². The van der Waals surface area contributed by atoms with Gasteiger partial charge in [0, 0.05) is 0 Å². The van der Waals surface area contributed by atoms with E-state index in [2.05, 4.69) is 55.2 Å². The van der Waals surface area contributed by atoms with Crippen molar-refractivity contribution in [3.05, 3.63) is 72.4 Å². The summed E-state index contributed by atoms with van der Waals surface area (Å²) in [4.78, 5) is 0. The Morgan fingerprint density at radius 3 is 2.11 bits per heavy atom. The molecule has 0 bridgehead atoms. The molecule has 0 amide bonds. The monoisotopic (exact) mass is 268 g/mol. The zero-order valence-electron chi connectivity index (χ0n) is 11.5. The summed E-state index contributed by atoms with van der Waals surface area (Å²) in [5.41, 5.74) is 2.34. The average molecular weight is 268 g/mol. The maximum absolute atomic E-state index is 5.67. The van der Waals surface area contributed by atoms with Gasteiger partial charge in [0.25, 0.3) is 0 Å². The van der Waals surface area contributed by atoms with Gasteiger partial charge in [-0.15, -0.1) is 0 Å². The summed E-state index contributed by atoms with van der Waals surface area (Å²) in [7, 11) is -1.48. The lowest BCUT2D eigenvalue weighted by Crippen LogP contribution is -2.39. The van der Waals surface area contributed by atoms with Gasteiger partial charge in [0.2, 0.25) is 0 Å². The van der Waals surface area contributed by atoms with Gasteiger partial charge in [-0.25, -0.2) is 0 Å². The Kier molecular flexibility index (Phi) is 4.58. The maximum atomic E-state index is 5.67. The molecule has 19 heavy (non-hydrogen) atoms. The van der Waals surface area contributed by atoms with Crippen molar-refractivity contribution in [2.75, 3.05) is 6.61 Å². The molecule has 0 aromatic heterocycles. The Hall–Kier alpha value is -1.80. The third-order valence-corrected chi connectivity index (χ3v) is 6.03. The number of benzene rings is 2.